The molecular weight excluding hydrogens is 298 g/mol. The van der Waals surface area contributed by atoms with E-state index in [1.54, 1.807) is 30.3 Å². The van der Waals surface area contributed by atoms with Gasteiger partial charge < -0.3 is 10.5 Å². The molecule has 0 fully saturated rings. The first-order valence-electron chi connectivity index (χ1n) is 5.81. The zero-order valence-corrected chi connectivity index (χ0v) is 12.6. The third kappa shape index (κ3) is 3.05. The fourth-order valence-corrected chi connectivity index (χ4v) is 2.69. The van der Waals surface area contributed by atoms with Crippen molar-refractivity contribution in [3.05, 3.63) is 47.0 Å². The number of nitrogen functional groups attached to an aromatic ring is 1. The number of halogens is 1. The van der Waals surface area contributed by atoms with E-state index in [4.69, 9.17) is 22.1 Å². The van der Waals surface area contributed by atoms with E-state index in [2.05, 4.69) is 0 Å². The molecule has 2 N–H and O–H groups in total. The molecule has 0 atom stereocenters. The normalized spacial score (nSPS) is 11.3. The molecule has 106 valence electrons. The monoisotopic (exact) mass is 311 g/mol. The van der Waals surface area contributed by atoms with Crippen LogP contribution in [0, 0.1) is 6.92 Å². The maximum absolute atomic E-state index is 11.6. The maximum atomic E-state index is 11.6. The predicted octanol–water partition coefficient (Wildman–Crippen LogP) is 3.43. The molecule has 0 aliphatic heterocycles. The van der Waals surface area contributed by atoms with Crippen molar-refractivity contribution in [2.24, 2.45) is 0 Å². The molecular formula is C14H14ClNO3S. The summed E-state index contributed by atoms with van der Waals surface area (Å²) in [5.74, 6) is 0.846. The average Bonchev–Trinajstić information content (AvgIpc) is 2.35. The Morgan fingerprint density at radius 3 is 2.50 bits per heavy atom. The highest BCUT2D eigenvalue weighted by molar-refractivity contribution is 7.90. The van der Waals surface area contributed by atoms with E-state index in [1.165, 1.54) is 6.07 Å². The van der Waals surface area contributed by atoms with E-state index in [0.29, 0.717) is 16.5 Å². The van der Waals surface area contributed by atoms with Gasteiger partial charge in [0.1, 0.15) is 5.75 Å². The predicted molar refractivity (Wildman–Crippen MR) is 80.2 cm³/mol. The Morgan fingerprint density at radius 1 is 1.20 bits per heavy atom. The largest absolute Gasteiger partial charge is 0.455 e. The van der Waals surface area contributed by atoms with Crippen LogP contribution in [0.15, 0.2) is 41.3 Å². The number of anilines is 1. The summed E-state index contributed by atoms with van der Waals surface area (Å²) in [6.07, 6.45) is 1.11. The number of rotatable bonds is 3. The summed E-state index contributed by atoms with van der Waals surface area (Å²) < 4.78 is 28.8. The van der Waals surface area contributed by atoms with Gasteiger partial charge in [0.15, 0.2) is 15.6 Å². The van der Waals surface area contributed by atoms with Crippen molar-refractivity contribution in [3.8, 4) is 11.5 Å². The molecule has 4 nitrogen and oxygen atoms in total. The summed E-state index contributed by atoms with van der Waals surface area (Å²) in [7, 11) is -3.39. The lowest BCUT2D eigenvalue weighted by Crippen LogP contribution is -2.03. The Labute approximate surface area is 123 Å². The highest BCUT2D eigenvalue weighted by Gasteiger charge is 2.15. The van der Waals surface area contributed by atoms with Gasteiger partial charge in [0, 0.05) is 11.3 Å². The molecule has 20 heavy (non-hydrogen) atoms. The van der Waals surface area contributed by atoms with Crippen LogP contribution in [0.25, 0.3) is 0 Å². The number of ether oxygens (including phenoxy) is 1. The molecule has 2 aromatic rings. The van der Waals surface area contributed by atoms with Crippen molar-refractivity contribution in [3.63, 3.8) is 0 Å². The summed E-state index contributed by atoms with van der Waals surface area (Å²) in [5.41, 5.74) is 6.82. The number of sulfone groups is 1. The van der Waals surface area contributed by atoms with Gasteiger partial charge in [-0.3, -0.25) is 0 Å². The van der Waals surface area contributed by atoms with Crippen LogP contribution in [0.5, 0.6) is 11.5 Å². The number of hydrogen-bond acceptors (Lipinski definition) is 4. The lowest BCUT2D eigenvalue weighted by molar-refractivity contribution is 0.483. The van der Waals surface area contributed by atoms with E-state index < -0.39 is 9.84 Å². The Morgan fingerprint density at radius 2 is 1.90 bits per heavy atom. The fraction of sp³-hybridized carbons (Fsp3) is 0.143. The van der Waals surface area contributed by atoms with Crippen LogP contribution >= 0.6 is 11.6 Å². The van der Waals surface area contributed by atoms with Gasteiger partial charge >= 0.3 is 0 Å². The van der Waals surface area contributed by atoms with E-state index >= 15 is 0 Å². The molecule has 0 aliphatic carbocycles. The minimum absolute atomic E-state index is 0.0562. The lowest BCUT2D eigenvalue weighted by Gasteiger charge is -2.12. The van der Waals surface area contributed by atoms with Crippen molar-refractivity contribution in [2.45, 2.75) is 11.8 Å². The molecule has 0 radical (unpaired) electrons. The van der Waals surface area contributed by atoms with Crippen molar-refractivity contribution >= 4 is 27.1 Å². The average molecular weight is 312 g/mol. The molecule has 0 saturated heterocycles. The van der Waals surface area contributed by atoms with Gasteiger partial charge in [0.2, 0.25) is 0 Å². The zero-order valence-electron chi connectivity index (χ0n) is 11.1. The number of hydrogen-bond donors (Lipinski definition) is 1. The summed E-state index contributed by atoms with van der Waals surface area (Å²) >= 11 is 5.94. The zero-order chi connectivity index (χ0) is 14.9. The van der Waals surface area contributed by atoms with Crippen LogP contribution in [0.2, 0.25) is 5.02 Å². The number of benzene rings is 2. The third-order valence-corrected chi connectivity index (χ3v) is 4.36. The standard InChI is InChI=1S/C14H14ClNO3S/c1-9-8-10(6-7-11(9)15)19-12-4-3-5-13(14(12)16)20(2,17)18/h3-8H,16H2,1-2H3. The third-order valence-electron chi connectivity index (χ3n) is 2.78. The van der Waals surface area contributed by atoms with E-state index in [1.807, 2.05) is 6.92 Å². The SMILES string of the molecule is Cc1cc(Oc2cccc(S(C)(=O)=O)c2N)ccc1Cl. The molecule has 0 saturated carbocycles. The van der Waals surface area contributed by atoms with Crippen LogP contribution in [-0.2, 0) is 9.84 Å². The van der Waals surface area contributed by atoms with Crippen LogP contribution in [-0.4, -0.2) is 14.7 Å². The first-order valence-corrected chi connectivity index (χ1v) is 8.08. The van der Waals surface area contributed by atoms with Gasteiger partial charge in [0.25, 0.3) is 0 Å². The van der Waals surface area contributed by atoms with Crippen molar-refractivity contribution < 1.29 is 13.2 Å². The lowest BCUT2D eigenvalue weighted by atomic mass is 10.2. The van der Waals surface area contributed by atoms with Crippen molar-refractivity contribution in [1.82, 2.24) is 0 Å². The minimum atomic E-state index is -3.39. The molecule has 0 amide bonds. The molecule has 2 aromatic carbocycles. The summed E-state index contributed by atoms with van der Waals surface area (Å²) in [6, 6.07) is 9.82. The van der Waals surface area contributed by atoms with E-state index in [9.17, 15) is 8.42 Å². The van der Waals surface area contributed by atoms with E-state index in [-0.39, 0.29) is 10.6 Å². The molecule has 6 heteroatoms. The first kappa shape index (κ1) is 14.7. The topological polar surface area (TPSA) is 69.4 Å². The molecule has 0 aliphatic rings. The number of para-hydroxylation sites is 1. The first-order chi connectivity index (χ1) is 9.29. The van der Waals surface area contributed by atoms with E-state index in [0.717, 1.165) is 11.8 Å². The van der Waals surface area contributed by atoms with Crippen molar-refractivity contribution in [2.75, 3.05) is 12.0 Å². The summed E-state index contributed by atoms with van der Waals surface area (Å²) in [6.45, 7) is 1.85. The molecule has 0 heterocycles. The van der Waals surface area contributed by atoms with Gasteiger partial charge in [-0.2, -0.15) is 0 Å². The Balaban J connectivity index is 2.42. The quantitative estimate of drug-likeness (QED) is 0.882. The minimum Gasteiger partial charge on any atom is -0.455 e. The van der Waals surface area contributed by atoms with Gasteiger partial charge in [-0.25, -0.2) is 8.42 Å². The Kier molecular flexibility index (Phi) is 3.92. The molecule has 0 spiro atoms. The maximum Gasteiger partial charge on any atom is 0.177 e. The van der Waals surface area contributed by atoms with Crippen LogP contribution in [0.1, 0.15) is 5.56 Å². The molecule has 2 rings (SSSR count). The van der Waals surface area contributed by atoms with Gasteiger partial charge in [-0.1, -0.05) is 17.7 Å². The second-order valence-corrected chi connectivity index (χ2v) is 6.84. The Hall–Kier alpha value is -1.72. The highest BCUT2D eigenvalue weighted by Crippen LogP contribution is 2.33. The second-order valence-electron chi connectivity index (χ2n) is 4.45. The smallest absolute Gasteiger partial charge is 0.177 e. The molecule has 0 aromatic heterocycles. The van der Waals surface area contributed by atoms with Gasteiger partial charge in [-0.05, 0) is 42.8 Å². The Bertz CT molecular complexity index is 757. The van der Waals surface area contributed by atoms with Crippen LogP contribution < -0.4 is 10.5 Å². The molecule has 0 bridgehead atoms. The highest BCUT2D eigenvalue weighted by atomic mass is 35.5. The van der Waals surface area contributed by atoms with Gasteiger partial charge in [0.05, 0.1) is 10.6 Å². The van der Waals surface area contributed by atoms with Gasteiger partial charge in [-0.15, -0.1) is 0 Å². The molecule has 0 unspecified atom stereocenters. The summed E-state index contributed by atoms with van der Waals surface area (Å²) in [4.78, 5) is 0.0562. The fourth-order valence-electron chi connectivity index (χ4n) is 1.74. The van der Waals surface area contributed by atoms with Crippen LogP contribution in [0.3, 0.4) is 0 Å². The second kappa shape index (κ2) is 5.34. The van der Waals surface area contributed by atoms with Crippen LogP contribution in [0.4, 0.5) is 5.69 Å². The number of aryl methyl sites for hydroxylation is 1. The summed E-state index contributed by atoms with van der Waals surface area (Å²) in [5, 5.41) is 0.634. The van der Waals surface area contributed by atoms with Crippen molar-refractivity contribution in [1.29, 1.82) is 0 Å². The number of nitrogens with two attached hydrogens (primary N) is 1.